The van der Waals surface area contributed by atoms with Gasteiger partial charge in [-0.25, -0.2) is 4.98 Å². The quantitative estimate of drug-likeness (QED) is 0.442. The SMILES string of the molecule is Nc1nnc2nc3c4ccccc4c4ccccc4c3nn12. The monoisotopic (exact) mass is 286 g/mol. The van der Waals surface area contributed by atoms with Crippen LogP contribution in [0.1, 0.15) is 0 Å². The lowest BCUT2D eigenvalue weighted by molar-refractivity contribution is 0.953. The molecule has 0 aliphatic carbocycles. The highest BCUT2D eigenvalue weighted by atomic mass is 15.4. The molecule has 0 atom stereocenters. The van der Waals surface area contributed by atoms with Gasteiger partial charge in [0.15, 0.2) is 0 Å². The second-order valence-corrected chi connectivity index (χ2v) is 5.17. The van der Waals surface area contributed by atoms with Gasteiger partial charge in [0.25, 0.3) is 5.78 Å². The maximum Gasteiger partial charge on any atom is 0.274 e. The first-order valence-electron chi connectivity index (χ1n) is 6.91. The number of hydrogen-bond donors (Lipinski definition) is 1. The summed E-state index contributed by atoms with van der Waals surface area (Å²) in [4.78, 5) is 4.62. The molecule has 2 N–H and O–H groups in total. The minimum absolute atomic E-state index is 0.238. The van der Waals surface area contributed by atoms with E-state index in [0.717, 1.165) is 32.6 Å². The minimum atomic E-state index is 0.238. The predicted molar refractivity (Wildman–Crippen MR) is 85.5 cm³/mol. The van der Waals surface area contributed by atoms with Gasteiger partial charge in [0, 0.05) is 10.8 Å². The second kappa shape index (κ2) is 3.88. The zero-order chi connectivity index (χ0) is 14.7. The molecule has 0 aliphatic rings. The highest BCUT2D eigenvalue weighted by molar-refractivity contribution is 6.22. The van der Waals surface area contributed by atoms with E-state index < -0.39 is 0 Å². The summed E-state index contributed by atoms with van der Waals surface area (Å²) in [6, 6.07) is 16.3. The van der Waals surface area contributed by atoms with Gasteiger partial charge < -0.3 is 5.73 Å². The van der Waals surface area contributed by atoms with E-state index >= 15 is 0 Å². The van der Waals surface area contributed by atoms with E-state index in [0.29, 0.717) is 5.78 Å². The van der Waals surface area contributed by atoms with Crippen LogP contribution in [0.15, 0.2) is 48.5 Å². The van der Waals surface area contributed by atoms with Crippen LogP contribution in [0.2, 0.25) is 0 Å². The molecule has 5 rings (SSSR count). The fraction of sp³-hybridized carbons (Fsp3) is 0. The Kier molecular flexibility index (Phi) is 2.01. The van der Waals surface area contributed by atoms with Gasteiger partial charge in [0.2, 0.25) is 5.95 Å². The number of nitrogens with two attached hydrogens (primary N) is 1. The molecule has 2 heterocycles. The van der Waals surface area contributed by atoms with E-state index in [1.54, 1.807) is 0 Å². The molecule has 0 aliphatic heterocycles. The van der Waals surface area contributed by atoms with Gasteiger partial charge in [-0.05, 0) is 10.8 Å². The van der Waals surface area contributed by atoms with Crippen molar-refractivity contribution in [3.63, 3.8) is 0 Å². The summed E-state index contributed by atoms with van der Waals surface area (Å²) < 4.78 is 1.48. The van der Waals surface area contributed by atoms with Crippen molar-refractivity contribution in [2.75, 3.05) is 5.73 Å². The van der Waals surface area contributed by atoms with Crippen molar-refractivity contribution < 1.29 is 0 Å². The molecule has 6 heteroatoms. The second-order valence-electron chi connectivity index (χ2n) is 5.17. The van der Waals surface area contributed by atoms with Crippen molar-refractivity contribution >= 4 is 44.3 Å². The molecule has 0 saturated carbocycles. The molecule has 2 aromatic heterocycles. The van der Waals surface area contributed by atoms with E-state index in [1.807, 2.05) is 30.3 Å². The molecule has 0 radical (unpaired) electrons. The van der Waals surface area contributed by atoms with E-state index in [1.165, 1.54) is 4.52 Å². The average Bonchev–Trinajstić information content (AvgIpc) is 2.94. The Labute approximate surface area is 124 Å². The molecule has 0 spiro atoms. The maximum absolute atomic E-state index is 5.81. The number of hydrogen-bond acceptors (Lipinski definition) is 5. The highest BCUT2D eigenvalue weighted by Gasteiger charge is 2.13. The summed E-state index contributed by atoms with van der Waals surface area (Å²) in [5.74, 6) is 0.645. The van der Waals surface area contributed by atoms with Crippen LogP contribution in [0.3, 0.4) is 0 Å². The lowest BCUT2D eigenvalue weighted by atomic mass is 10.00. The molecular formula is C16H10N6. The minimum Gasteiger partial charge on any atom is -0.366 e. The maximum atomic E-state index is 5.81. The third-order valence-electron chi connectivity index (χ3n) is 3.94. The molecule has 6 nitrogen and oxygen atoms in total. The fourth-order valence-corrected chi connectivity index (χ4v) is 2.97. The van der Waals surface area contributed by atoms with Crippen molar-refractivity contribution in [2.24, 2.45) is 0 Å². The van der Waals surface area contributed by atoms with E-state index in [4.69, 9.17) is 5.73 Å². The van der Waals surface area contributed by atoms with Crippen LogP contribution in [0, 0.1) is 0 Å². The van der Waals surface area contributed by atoms with Gasteiger partial charge in [-0.1, -0.05) is 48.5 Å². The third-order valence-corrected chi connectivity index (χ3v) is 3.94. The Morgan fingerprint density at radius 3 is 2.00 bits per heavy atom. The van der Waals surface area contributed by atoms with Crippen molar-refractivity contribution in [3.8, 4) is 0 Å². The Balaban J connectivity index is 2.18. The summed E-state index contributed by atoms with van der Waals surface area (Å²) in [5, 5.41) is 16.8. The number of fused-ring (bicyclic) bond motifs is 7. The van der Waals surface area contributed by atoms with Crippen LogP contribution in [0.25, 0.3) is 38.4 Å². The summed E-state index contributed by atoms with van der Waals surface area (Å²) in [7, 11) is 0. The average molecular weight is 286 g/mol. The highest BCUT2D eigenvalue weighted by Crippen LogP contribution is 2.32. The smallest absolute Gasteiger partial charge is 0.274 e. The lowest BCUT2D eigenvalue weighted by Gasteiger charge is -2.08. The molecule has 0 unspecified atom stereocenters. The van der Waals surface area contributed by atoms with Gasteiger partial charge in [-0.2, -0.15) is 9.61 Å². The molecule has 3 aromatic carbocycles. The first-order chi connectivity index (χ1) is 10.8. The molecule has 5 aromatic rings. The molecule has 0 amide bonds. The van der Waals surface area contributed by atoms with Crippen LogP contribution in [-0.4, -0.2) is 24.8 Å². The van der Waals surface area contributed by atoms with Crippen LogP contribution in [0.5, 0.6) is 0 Å². The number of nitrogen functional groups attached to an aromatic ring is 1. The van der Waals surface area contributed by atoms with Gasteiger partial charge in [0.1, 0.15) is 11.0 Å². The topological polar surface area (TPSA) is 82.0 Å². The van der Waals surface area contributed by atoms with Crippen LogP contribution < -0.4 is 5.73 Å². The molecule has 104 valence electrons. The predicted octanol–water partition coefficient (Wildman–Crippen LogP) is 2.56. The zero-order valence-electron chi connectivity index (χ0n) is 11.4. The van der Waals surface area contributed by atoms with E-state index in [9.17, 15) is 0 Å². The number of anilines is 1. The largest absolute Gasteiger partial charge is 0.366 e. The van der Waals surface area contributed by atoms with Crippen molar-refractivity contribution in [2.45, 2.75) is 0 Å². The number of nitrogens with zero attached hydrogens (tertiary/aromatic N) is 5. The number of rotatable bonds is 0. The van der Waals surface area contributed by atoms with Crippen molar-refractivity contribution in [1.82, 2.24) is 24.8 Å². The fourth-order valence-electron chi connectivity index (χ4n) is 2.97. The van der Waals surface area contributed by atoms with Crippen LogP contribution >= 0.6 is 0 Å². The summed E-state index contributed by atoms with van der Waals surface area (Å²) in [5.41, 5.74) is 7.42. The van der Waals surface area contributed by atoms with Gasteiger partial charge in [-0.15, -0.1) is 10.2 Å². The first kappa shape index (κ1) is 11.4. The van der Waals surface area contributed by atoms with Crippen LogP contribution in [0.4, 0.5) is 5.95 Å². The van der Waals surface area contributed by atoms with Gasteiger partial charge in [-0.3, -0.25) is 0 Å². The molecule has 22 heavy (non-hydrogen) atoms. The first-order valence-corrected chi connectivity index (χ1v) is 6.91. The normalized spacial score (nSPS) is 11.8. The van der Waals surface area contributed by atoms with Gasteiger partial charge in [0.05, 0.1) is 0 Å². The molecule has 0 bridgehead atoms. The Morgan fingerprint density at radius 2 is 1.32 bits per heavy atom. The van der Waals surface area contributed by atoms with Gasteiger partial charge >= 0.3 is 0 Å². The molecular weight excluding hydrogens is 276 g/mol. The van der Waals surface area contributed by atoms with E-state index in [-0.39, 0.29) is 5.95 Å². The van der Waals surface area contributed by atoms with Crippen molar-refractivity contribution in [1.29, 1.82) is 0 Å². The summed E-state index contributed by atoms with van der Waals surface area (Å²) >= 11 is 0. The van der Waals surface area contributed by atoms with E-state index in [2.05, 4.69) is 38.5 Å². The summed E-state index contributed by atoms with van der Waals surface area (Å²) in [6.07, 6.45) is 0. The third kappa shape index (κ3) is 1.33. The van der Waals surface area contributed by atoms with Crippen LogP contribution in [-0.2, 0) is 0 Å². The zero-order valence-corrected chi connectivity index (χ0v) is 11.4. The lowest BCUT2D eigenvalue weighted by Crippen LogP contribution is -2.01. The standard InChI is InChI=1S/C16H10N6/c17-15-19-20-16-18-13-11-7-3-1-5-9(11)10-6-2-4-8-12(10)14(13)21-22(15)16/h1-8H,(H2,17,19). The molecule has 0 fully saturated rings. The summed E-state index contributed by atoms with van der Waals surface area (Å²) in [6.45, 7) is 0. The Hall–Kier alpha value is -3.28. The Morgan fingerprint density at radius 1 is 0.727 bits per heavy atom. The van der Waals surface area contributed by atoms with Crippen molar-refractivity contribution in [3.05, 3.63) is 48.5 Å². The number of aromatic nitrogens is 5. The molecule has 0 saturated heterocycles. The number of benzene rings is 3. The Bertz CT molecular complexity index is 1190.